The summed E-state index contributed by atoms with van der Waals surface area (Å²) in [5.74, 6) is 0.247. The largest absolute Gasteiger partial charge is 0.382 e. The first-order valence-electron chi connectivity index (χ1n) is 4.16. The van der Waals surface area contributed by atoms with Crippen LogP contribution in [0.4, 0.5) is 5.69 Å². The Kier molecular flexibility index (Phi) is 1.61. The third-order valence-electron chi connectivity index (χ3n) is 2.12. The molecule has 0 saturated carbocycles. The predicted molar refractivity (Wildman–Crippen MR) is 48.5 cm³/mol. The molecule has 1 aromatic rings. The Morgan fingerprint density at radius 3 is 3.00 bits per heavy atom. The lowest BCUT2D eigenvalue weighted by Crippen LogP contribution is -2.26. The molecule has 1 atom stereocenters. The van der Waals surface area contributed by atoms with E-state index < -0.39 is 0 Å². The van der Waals surface area contributed by atoms with E-state index in [1.165, 1.54) is 0 Å². The molecule has 1 unspecified atom stereocenters. The van der Waals surface area contributed by atoms with Crippen molar-refractivity contribution in [3.05, 3.63) is 29.8 Å². The van der Waals surface area contributed by atoms with Gasteiger partial charge in [-0.15, -0.1) is 0 Å². The van der Waals surface area contributed by atoms with E-state index in [9.17, 15) is 4.79 Å². The highest BCUT2D eigenvalue weighted by atomic mass is 16.1. The lowest BCUT2D eigenvalue weighted by Gasteiger charge is -2.22. The van der Waals surface area contributed by atoms with Gasteiger partial charge in [0.15, 0.2) is 5.78 Å². The summed E-state index contributed by atoms with van der Waals surface area (Å²) >= 11 is 0. The number of hydrogen-bond acceptors (Lipinski definition) is 2. The second kappa shape index (κ2) is 2.63. The zero-order chi connectivity index (χ0) is 8.55. The molecule has 2 nitrogen and oxygen atoms in total. The first kappa shape index (κ1) is 7.35. The Balaban J connectivity index is 2.47. The molecule has 2 heteroatoms. The summed E-state index contributed by atoms with van der Waals surface area (Å²) < 4.78 is 0. The van der Waals surface area contributed by atoms with E-state index in [0.29, 0.717) is 6.42 Å². The summed E-state index contributed by atoms with van der Waals surface area (Å²) in [6, 6.07) is 7.93. The Morgan fingerprint density at radius 2 is 2.17 bits per heavy atom. The molecule has 0 bridgehead atoms. The maximum absolute atomic E-state index is 11.5. The Hall–Kier alpha value is -1.31. The van der Waals surface area contributed by atoms with E-state index in [2.05, 4.69) is 5.32 Å². The van der Waals surface area contributed by atoms with Gasteiger partial charge in [-0.3, -0.25) is 4.79 Å². The Bertz CT molecular complexity index is 319. The van der Waals surface area contributed by atoms with Gasteiger partial charge >= 0.3 is 0 Å². The predicted octanol–water partition coefficient (Wildman–Crippen LogP) is 2.07. The molecule has 1 heterocycles. The van der Waals surface area contributed by atoms with Crippen molar-refractivity contribution in [3.8, 4) is 0 Å². The second-order valence-electron chi connectivity index (χ2n) is 3.22. The van der Waals surface area contributed by atoms with Crippen LogP contribution in [0.5, 0.6) is 0 Å². The van der Waals surface area contributed by atoms with Gasteiger partial charge in [0.1, 0.15) is 0 Å². The van der Waals surface area contributed by atoms with Gasteiger partial charge in [0.2, 0.25) is 0 Å². The first-order valence-corrected chi connectivity index (χ1v) is 4.16. The maximum atomic E-state index is 11.5. The Labute approximate surface area is 71.6 Å². The Morgan fingerprint density at radius 1 is 1.42 bits per heavy atom. The molecular weight excluding hydrogens is 150 g/mol. The molecule has 0 fully saturated rings. The normalized spacial score (nSPS) is 21.4. The fraction of sp³-hybridized carbons (Fsp3) is 0.300. The van der Waals surface area contributed by atoms with Crippen molar-refractivity contribution in [1.29, 1.82) is 0 Å². The quantitative estimate of drug-likeness (QED) is 0.631. The third-order valence-corrected chi connectivity index (χ3v) is 2.12. The van der Waals surface area contributed by atoms with Crippen LogP contribution in [0.1, 0.15) is 23.7 Å². The molecule has 2 rings (SSSR count). The van der Waals surface area contributed by atoms with Crippen molar-refractivity contribution in [2.45, 2.75) is 19.4 Å². The molecule has 0 aromatic heterocycles. The monoisotopic (exact) mass is 161 g/mol. The fourth-order valence-corrected chi connectivity index (χ4v) is 1.56. The van der Waals surface area contributed by atoms with Crippen molar-refractivity contribution in [2.24, 2.45) is 0 Å². The standard InChI is InChI=1S/C10H11NO/c1-7-6-10(12)8-4-2-3-5-9(8)11-7/h2-5,7,11H,6H2,1H3. The van der Waals surface area contributed by atoms with Gasteiger partial charge in [-0.05, 0) is 19.1 Å². The van der Waals surface area contributed by atoms with Crippen molar-refractivity contribution >= 4 is 11.5 Å². The number of rotatable bonds is 0. The molecular formula is C10H11NO. The molecule has 12 heavy (non-hydrogen) atoms. The van der Waals surface area contributed by atoms with Crippen LogP contribution in [0.2, 0.25) is 0 Å². The number of hydrogen-bond donors (Lipinski definition) is 1. The van der Waals surface area contributed by atoms with E-state index in [1.807, 2.05) is 31.2 Å². The molecule has 1 N–H and O–H groups in total. The number of fused-ring (bicyclic) bond motifs is 1. The highest BCUT2D eigenvalue weighted by Crippen LogP contribution is 2.23. The van der Waals surface area contributed by atoms with Gasteiger partial charge in [-0.25, -0.2) is 0 Å². The molecule has 1 aromatic carbocycles. The van der Waals surface area contributed by atoms with E-state index in [0.717, 1.165) is 11.3 Å². The van der Waals surface area contributed by atoms with Crippen LogP contribution in [0.3, 0.4) is 0 Å². The van der Waals surface area contributed by atoms with Gasteiger partial charge in [-0.1, -0.05) is 12.1 Å². The number of nitrogens with one attached hydrogen (secondary N) is 1. The minimum Gasteiger partial charge on any atom is -0.382 e. The summed E-state index contributed by atoms with van der Waals surface area (Å²) in [5, 5.41) is 3.27. The van der Waals surface area contributed by atoms with E-state index in [-0.39, 0.29) is 11.8 Å². The number of carbonyl (C=O) groups excluding carboxylic acids is 1. The number of carbonyl (C=O) groups is 1. The number of benzene rings is 1. The van der Waals surface area contributed by atoms with Gasteiger partial charge in [-0.2, -0.15) is 0 Å². The lowest BCUT2D eigenvalue weighted by atomic mass is 9.98. The van der Waals surface area contributed by atoms with Gasteiger partial charge in [0.05, 0.1) is 0 Å². The smallest absolute Gasteiger partial charge is 0.166 e. The van der Waals surface area contributed by atoms with Gasteiger partial charge in [0.25, 0.3) is 0 Å². The minimum absolute atomic E-state index is 0.247. The van der Waals surface area contributed by atoms with Crippen LogP contribution in [-0.4, -0.2) is 11.8 Å². The number of Topliss-reactive ketones (excluding diaryl/α,β-unsaturated/α-hetero) is 1. The first-order chi connectivity index (χ1) is 5.77. The summed E-state index contributed by atoms with van der Waals surface area (Å²) in [6.07, 6.45) is 0.608. The average Bonchev–Trinajstić information content (AvgIpc) is 2.04. The molecule has 0 saturated heterocycles. The highest BCUT2D eigenvalue weighted by molar-refractivity contribution is 6.03. The van der Waals surface area contributed by atoms with Crippen molar-refractivity contribution in [2.75, 3.05) is 5.32 Å². The molecule has 62 valence electrons. The van der Waals surface area contributed by atoms with Crippen LogP contribution >= 0.6 is 0 Å². The van der Waals surface area contributed by atoms with Crippen LogP contribution in [0.15, 0.2) is 24.3 Å². The van der Waals surface area contributed by atoms with Crippen LogP contribution in [0, 0.1) is 0 Å². The molecule has 0 spiro atoms. The summed E-state index contributed by atoms with van der Waals surface area (Å²) in [5.41, 5.74) is 1.80. The van der Waals surface area contributed by atoms with Crippen LogP contribution in [0.25, 0.3) is 0 Å². The number of para-hydroxylation sites is 1. The van der Waals surface area contributed by atoms with Gasteiger partial charge < -0.3 is 5.32 Å². The van der Waals surface area contributed by atoms with Gasteiger partial charge in [0, 0.05) is 23.7 Å². The number of anilines is 1. The van der Waals surface area contributed by atoms with Crippen molar-refractivity contribution in [1.82, 2.24) is 0 Å². The zero-order valence-corrected chi connectivity index (χ0v) is 7.00. The fourth-order valence-electron chi connectivity index (χ4n) is 1.56. The van der Waals surface area contributed by atoms with Crippen molar-refractivity contribution in [3.63, 3.8) is 0 Å². The molecule has 0 radical (unpaired) electrons. The third kappa shape index (κ3) is 1.09. The topological polar surface area (TPSA) is 29.1 Å². The average molecular weight is 161 g/mol. The minimum atomic E-state index is 0.247. The van der Waals surface area contributed by atoms with Crippen molar-refractivity contribution < 1.29 is 4.79 Å². The molecule has 0 amide bonds. The maximum Gasteiger partial charge on any atom is 0.166 e. The van der Waals surface area contributed by atoms with E-state index in [1.54, 1.807) is 0 Å². The lowest BCUT2D eigenvalue weighted by molar-refractivity contribution is 0.0974. The zero-order valence-electron chi connectivity index (χ0n) is 7.00. The van der Waals surface area contributed by atoms with E-state index >= 15 is 0 Å². The SMILES string of the molecule is CC1CC(=O)c2ccccc2N1. The van der Waals surface area contributed by atoms with Crippen LogP contribution < -0.4 is 5.32 Å². The molecule has 1 aliphatic rings. The number of ketones is 1. The summed E-state index contributed by atoms with van der Waals surface area (Å²) in [6.45, 7) is 2.02. The van der Waals surface area contributed by atoms with Crippen LogP contribution in [-0.2, 0) is 0 Å². The van der Waals surface area contributed by atoms with E-state index in [4.69, 9.17) is 0 Å². The summed E-state index contributed by atoms with van der Waals surface area (Å²) in [7, 11) is 0. The summed E-state index contributed by atoms with van der Waals surface area (Å²) in [4.78, 5) is 11.5. The molecule has 0 aliphatic carbocycles. The second-order valence-corrected chi connectivity index (χ2v) is 3.22. The highest BCUT2D eigenvalue weighted by Gasteiger charge is 2.20. The molecule has 1 aliphatic heterocycles.